The molecule has 10 nitrogen and oxygen atoms in total. The van der Waals surface area contributed by atoms with Crippen LogP contribution in [0.2, 0.25) is 5.02 Å². The van der Waals surface area contributed by atoms with Crippen molar-refractivity contribution in [2.24, 2.45) is 0 Å². The van der Waals surface area contributed by atoms with Gasteiger partial charge >= 0.3 is 6.18 Å². The second kappa shape index (κ2) is 11.0. The first-order valence-electron chi connectivity index (χ1n) is 11.1. The number of carbonyl (C=O) groups excluding carboxylic acids is 1. The number of alkyl halides is 3. The summed E-state index contributed by atoms with van der Waals surface area (Å²) in [6.45, 7) is -0.356. The standard InChI is InChI=1S/C24H21ClF3N7O3/c1-35(2)21(37)15-9-8-14(10-17(15)25)30-23-29-11-16(20-33-22(34-38-20)24(26,27)28)19(32-23)31-18(12-36)13-6-4-3-5-7-13/h3-11,18,36H,12H2,1-2H3,(H2,29,30,31,32)/t18-/m1/s1. The van der Waals surface area contributed by atoms with Crippen LogP contribution < -0.4 is 10.6 Å². The maximum absolute atomic E-state index is 13.1. The van der Waals surface area contributed by atoms with Gasteiger partial charge in [0.1, 0.15) is 11.4 Å². The van der Waals surface area contributed by atoms with Crippen molar-refractivity contribution in [3.05, 3.63) is 76.7 Å². The zero-order valence-corrected chi connectivity index (χ0v) is 20.7. The summed E-state index contributed by atoms with van der Waals surface area (Å²) in [4.78, 5) is 25.6. The van der Waals surface area contributed by atoms with Crippen LogP contribution in [0.25, 0.3) is 11.5 Å². The fourth-order valence-electron chi connectivity index (χ4n) is 3.38. The first-order valence-corrected chi connectivity index (χ1v) is 11.4. The molecule has 0 spiro atoms. The van der Waals surface area contributed by atoms with Crippen molar-refractivity contribution in [1.82, 2.24) is 25.0 Å². The molecule has 0 aliphatic rings. The minimum atomic E-state index is -4.81. The number of rotatable bonds is 8. The highest BCUT2D eigenvalue weighted by Crippen LogP contribution is 2.33. The monoisotopic (exact) mass is 547 g/mol. The molecular formula is C24H21ClF3N7O3. The van der Waals surface area contributed by atoms with E-state index in [4.69, 9.17) is 16.1 Å². The zero-order chi connectivity index (χ0) is 27.4. The summed E-state index contributed by atoms with van der Waals surface area (Å²) in [7, 11) is 3.20. The van der Waals surface area contributed by atoms with E-state index in [2.05, 4.69) is 30.7 Å². The van der Waals surface area contributed by atoms with Gasteiger partial charge in [0, 0.05) is 26.0 Å². The van der Waals surface area contributed by atoms with Gasteiger partial charge in [0.05, 0.1) is 23.2 Å². The molecule has 0 radical (unpaired) electrons. The molecule has 14 heteroatoms. The van der Waals surface area contributed by atoms with Gasteiger partial charge in [-0.3, -0.25) is 4.79 Å². The lowest BCUT2D eigenvalue weighted by atomic mass is 10.1. The van der Waals surface area contributed by atoms with Crippen molar-refractivity contribution in [2.75, 3.05) is 31.3 Å². The molecule has 2 heterocycles. The lowest BCUT2D eigenvalue weighted by molar-refractivity contribution is -0.146. The average molecular weight is 548 g/mol. The van der Waals surface area contributed by atoms with Crippen molar-refractivity contribution in [1.29, 1.82) is 0 Å². The molecule has 2 aromatic heterocycles. The van der Waals surface area contributed by atoms with Crippen molar-refractivity contribution >= 4 is 35.0 Å². The number of carbonyl (C=O) groups is 1. The van der Waals surface area contributed by atoms with Gasteiger partial charge in [0.2, 0.25) is 5.95 Å². The fraction of sp³-hybridized carbons (Fsp3) is 0.208. The molecule has 2 aromatic carbocycles. The van der Waals surface area contributed by atoms with E-state index in [0.717, 1.165) is 0 Å². The van der Waals surface area contributed by atoms with Crippen molar-refractivity contribution in [3.63, 3.8) is 0 Å². The van der Waals surface area contributed by atoms with Crippen LogP contribution >= 0.6 is 11.6 Å². The van der Waals surface area contributed by atoms with Crippen molar-refractivity contribution in [3.8, 4) is 11.5 Å². The molecule has 1 atom stereocenters. The highest BCUT2D eigenvalue weighted by Gasteiger charge is 2.37. The molecule has 0 fully saturated rings. The topological polar surface area (TPSA) is 129 Å². The van der Waals surface area contributed by atoms with Crippen LogP contribution in [0.4, 0.5) is 30.6 Å². The van der Waals surface area contributed by atoms with Gasteiger partial charge in [-0.1, -0.05) is 47.1 Å². The first kappa shape index (κ1) is 26.8. The fourth-order valence-corrected chi connectivity index (χ4v) is 3.64. The Bertz CT molecular complexity index is 1430. The SMILES string of the molecule is CN(C)C(=O)c1ccc(Nc2ncc(-c3nc(C(F)(F)F)no3)c(N[C@H](CO)c3ccccc3)n2)cc1Cl. The number of nitrogens with zero attached hydrogens (tertiary/aromatic N) is 5. The molecule has 0 saturated carbocycles. The van der Waals surface area contributed by atoms with Gasteiger partial charge in [-0.15, -0.1) is 0 Å². The maximum Gasteiger partial charge on any atom is 0.455 e. The molecule has 0 aliphatic heterocycles. The molecule has 4 aromatic rings. The number of halogens is 4. The predicted octanol–water partition coefficient (Wildman–Crippen LogP) is 4.79. The first-order chi connectivity index (χ1) is 18.1. The van der Waals surface area contributed by atoms with E-state index in [1.54, 1.807) is 50.5 Å². The van der Waals surface area contributed by atoms with Crippen LogP contribution in [0.5, 0.6) is 0 Å². The third kappa shape index (κ3) is 6.01. The molecule has 1 amide bonds. The van der Waals surface area contributed by atoms with E-state index in [-0.39, 0.29) is 34.9 Å². The third-order valence-corrected chi connectivity index (χ3v) is 5.57. The van der Waals surface area contributed by atoms with Gasteiger partial charge in [-0.2, -0.15) is 23.1 Å². The van der Waals surface area contributed by atoms with Crippen molar-refractivity contribution < 1.29 is 27.6 Å². The Morgan fingerprint density at radius 2 is 1.89 bits per heavy atom. The molecule has 198 valence electrons. The largest absolute Gasteiger partial charge is 0.455 e. The van der Waals surface area contributed by atoms with Crippen molar-refractivity contribution in [2.45, 2.75) is 12.2 Å². The number of aliphatic hydroxyl groups excluding tert-OH is 1. The Kier molecular flexibility index (Phi) is 7.78. The van der Waals surface area contributed by atoms with Crippen LogP contribution in [-0.2, 0) is 6.18 Å². The Labute approximate surface area is 219 Å². The molecule has 4 rings (SSSR count). The van der Waals surface area contributed by atoms with Crippen LogP contribution in [0.15, 0.2) is 59.3 Å². The van der Waals surface area contributed by atoms with Crippen LogP contribution in [0.1, 0.15) is 27.8 Å². The number of amides is 1. The summed E-state index contributed by atoms with van der Waals surface area (Å²) in [5, 5.41) is 19.1. The number of aromatic nitrogens is 4. The Hall–Kier alpha value is -4.23. The second-order valence-corrected chi connectivity index (χ2v) is 8.59. The number of benzene rings is 2. The number of hydrogen-bond donors (Lipinski definition) is 3. The summed E-state index contributed by atoms with van der Waals surface area (Å²) in [6, 6.07) is 12.9. The number of aliphatic hydroxyl groups is 1. The quantitative estimate of drug-likeness (QED) is 0.285. The van der Waals surface area contributed by atoms with Crippen LogP contribution in [0.3, 0.4) is 0 Å². The van der Waals surface area contributed by atoms with E-state index in [1.807, 2.05) is 0 Å². The van der Waals surface area contributed by atoms with E-state index in [0.29, 0.717) is 16.8 Å². The highest BCUT2D eigenvalue weighted by atomic mass is 35.5. The van der Waals surface area contributed by atoms with E-state index >= 15 is 0 Å². The van der Waals surface area contributed by atoms with Crippen LogP contribution in [-0.4, -0.2) is 56.7 Å². The van der Waals surface area contributed by atoms with E-state index in [1.165, 1.54) is 23.2 Å². The Balaban J connectivity index is 1.70. The highest BCUT2D eigenvalue weighted by molar-refractivity contribution is 6.34. The van der Waals surface area contributed by atoms with Crippen LogP contribution in [0, 0.1) is 0 Å². The maximum atomic E-state index is 13.1. The van der Waals surface area contributed by atoms with Gasteiger partial charge in [-0.05, 0) is 23.8 Å². The molecule has 3 N–H and O–H groups in total. The van der Waals surface area contributed by atoms with E-state index in [9.17, 15) is 23.1 Å². The second-order valence-electron chi connectivity index (χ2n) is 8.19. The summed E-state index contributed by atoms with van der Waals surface area (Å²) < 4.78 is 44.0. The van der Waals surface area contributed by atoms with Gasteiger partial charge in [-0.25, -0.2) is 4.98 Å². The minimum Gasteiger partial charge on any atom is -0.394 e. The number of anilines is 3. The summed E-state index contributed by atoms with van der Waals surface area (Å²) in [6.07, 6.45) is -3.61. The van der Waals surface area contributed by atoms with E-state index < -0.39 is 23.9 Å². The zero-order valence-electron chi connectivity index (χ0n) is 20.0. The molecule has 0 unspecified atom stereocenters. The predicted molar refractivity (Wildman–Crippen MR) is 133 cm³/mol. The Morgan fingerprint density at radius 3 is 2.50 bits per heavy atom. The molecule has 0 saturated heterocycles. The smallest absolute Gasteiger partial charge is 0.394 e. The molecule has 38 heavy (non-hydrogen) atoms. The normalized spacial score (nSPS) is 12.2. The molecular weight excluding hydrogens is 527 g/mol. The molecule has 0 bridgehead atoms. The number of nitrogens with one attached hydrogen (secondary N) is 2. The van der Waals surface area contributed by atoms with Gasteiger partial charge in [0.25, 0.3) is 17.6 Å². The van der Waals surface area contributed by atoms with Gasteiger partial charge in [0.15, 0.2) is 0 Å². The number of hydrogen-bond acceptors (Lipinski definition) is 9. The summed E-state index contributed by atoms with van der Waals surface area (Å²) in [5.41, 5.74) is 1.43. The third-order valence-electron chi connectivity index (χ3n) is 5.26. The minimum absolute atomic E-state index is 0.0158. The van der Waals surface area contributed by atoms with Gasteiger partial charge < -0.3 is 25.2 Å². The summed E-state index contributed by atoms with van der Waals surface area (Å²) in [5.74, 6) is -2.13. The lowest BCUT2D eigenvalue weighted by Gasteiger charge is -2.19. The Morgan fingerprint density at radius 1 is 1.16 bits per heavy atom. The lowest BCUT2D eigenvalue weighted by Crippen LogP contribution is -2.22. The summed E-state index contributed by atoms with van der Waals surface area (Å²) >= 11 is 6.28. The molecule has 0 aliphatic carbocycles. The average Bonchev–Trinajstić information content (AvgIpc) is 3.38.